The van der Waals surface area contributed by atoms with Crippen molar-refractivity contribution in [3.05, 3.63) is 27.7 Å². The molecule has 4 heteroatoms. The first-order valence-electron chi connectivity index (χ1n) is 6.13. The molecule has 2 N–H and O–H groups in total. The second-order valence-corrected chi connectivity index (χ2v) is 5.41. The van der Waals surface area contributed by atoms with Crippen LogP contribution in [0.1, 0.15) is 60.6 Å². The summed E-state index contributed by atoms with van der Waals surface area (Å²) in [4.78, 5) is 16.5. The van der Waals surface area contributed by atoms with Crippen LogP contribution in [0, 0.1) is 0 Å². The van der Waals surface area contributed by atoms with Crippen molar-refractivity contribution in [3.8, 4) is 0 Å². The highest BCUT2D eigenvalue weighted by molar-refractivity contribution is 7.09. The third kappa shape index (κ3) is 3.01. The summed E-state index contributed by atoms with van der Waals surface area (Å²) < 4.78 is 0. The largest absolute Gasteiger partial charge is 0.322 e. The highest BCUT2D eigenvalue weighted by Gasteiger charge is 2.17. The zero-order chi connectivity index (χ0) is 12.3. The maximum atomic E-state index is 12.2. The van der Waals surface area contributed by atoms with Crippen molar-refractivity contribution in [2.24, 2.45) is 5.73 Å². The molecule has 3 nitrogen and oxygen atoms in total. The quantitative estimate of drug-likeness (QED) is 0.838. The smallest absolute Gasteiger partial charge is 0.207 e. The molecule has 0 amide bonds. The van der Waals surface area contributed by atoms with Crippen molar-refractivity contribution in [2.75, 3.05) is 0 Å². The Morgan fingerprint density at radius 3 is 3.00 bits per heavy atom. The standard InChI is InChI=1S/C13H18N2OS/c1-9(14)13-15-11(8-17-13)12(16)10-6-4-2-3-5-7-10/h6,8-9H,2-5,7,14H2,1H3. The lowest BCUT2D eigenvalue weighted by Crippen LogP contribution is -2.07. The second kappa shape index (κ2) is 5.56. The average molecular weight is 250 g/mol. The molecule has 0 aromatic carbocycles. The molecule has 1 unspecified atom stereocenters. The van der Waals surface area contributed by atoms with Crippen LogP contribution in [0.4, 0.5) is 0 Å². The van der Waals surface area contributed by atoms with E-state index in [0.29, 0.717) is 5.69 Å². The second-order valence-electron chi connectivity index (χ2n) is 4.52. The molecule has 0 bridgehead atoms. The Balaban J connectivity index is 2.15. The number of nitrogens with zero attached hydrogens (tertiary/aromatic N) is 1. The third-order valence-electron chi connectivity index (χ3n) is 2.98. The molecule has 1 aliphatic rings. The Bertz CT molecular complexity index is 434. The topological polar surface area (TPSA) is 56.0 Å². The van der Waals surface area contributed by atoms with Gasteiger partial charge in [0, 0.05) is 5.38 Å². The van der Waals surface area contributed by atoms with E-state index in [0.717, 1.165) is 29.8 Å². The molecule has 0 saturated heterocycles. The molecule has 92 valence electrons. The number of thiazole rings is 1. The summed E-state index contributed by atoms with van der Waals surface area (Å²) in [5, 5.41) is 2.66. The lowest BCUT2D eigenvalue weighted by atomic mass is 10.0. The van der Waals surface area contributed by atoms with Gasteiger partial charge in [-0.15, -0.1) is 11.3 Å². The molecule has 1 aromatic rings. The van der Waals surface area contributed by atoms with Crippen molar-refractivity contribution in [3.63, 3.8) is 0 Å². The Morgan fingerprint density at radius 1 is 1.47 bits per heavy atom. The van der Waals surface area contributed by atoms with E-state index >= 15 is 0 Å². The van der Waals surface area contributed by atoms with Crippen LogP contribution in [-0.2, 0) is 0 Å². The number of nitrogens with two attached hydrogens (primary N) is 1. The summed E-state index contributed by atoms with van der Waals surface area (Å²) in [7, 11) is 0. The van der Waals surface area contributed by atoms with E-state index in [1.807, 2.05) is 12.3 Å². The summed E-state index contributed by atoms with van der Waals surface area (Å²) in [5.74, 6) is 0.0926. The summed E-state index contributed by atoms with van der Waals surface area (Å²) in [6.45, 7) is 1.89. The summed E-state index contributed by atoms with van der Waals surface area (Å²) in [5.41, 5.74) is 7.25. The highest BCUT2D eigenvalue weighted by atomic mass is 32.1. The number of rotatable bonds is 3. The molecule has 2 rings (SSSR count). The lowest BCUT2D eigenvalue weighted by molar-refractivity contribution is 0.102. The van der Waals surface area contributed by atoms with Crippen LogP contribution in [0.25, 0.3) is 0 Å². The molecule has 0 aliphatic heterocycles. The van der Waals surface area contributed by atoms with E-state index < -0.39 is 0 Å². The molecule has 1 atom stereocenters. The first-order valence-corrected chi connectivity index (χ1v) is 7.01. The van der Waals surface area contributed by atoms with Crippen LogP contribution < -0.4 is 5.73 Å². The first kappa shape index (κ1) is 12.5. The summed E-state index contributed by atoms with van der Waals surface area (Å²) >= 11 is 1.47. The number of carbonyl (C=O) groups excluding carboxylic acids is 1. The molecule has 0 spiro atoms. The van der Waals surface area contributed by atoms with Gasteiger partial charge in [0.15, 0.2) is 0 Å². The highest BCUT2D eigenvalue weighted by Crippen LogP contribution is 2.23. The number of hydrogen-bond acceptors (Lipinski definition) is 4. The first-order chi connectivity index (χ1) is 8.18. The van der Waals surface area contributed by atoms with Gasteiger partial charge in [-0.05, 0) is 38.2 Å². The van der Waals surface area contributed by atoms with E-state index in [1.165, 1.54) is 24.2 Å². The Labute approximate surface area is 106 Å². The van der Waals surface area contributed by atoms with Crippen LogP contribution in [0.2, 0.25) is 0 Å². The molecular weight excluding hydrogens is 232 g/mol. The number of allylic oxidation sites excluding steroid dienone is 2. The maximum Gasteiger partial charge on any atom is 0.207 e. The molecular formula is C13H18N2OS. The minimum absolute atomic E-state index is 0.0926. The predicted molar refractivity (Wildman–Crippen MR) is 70.2 cm³/mol. The van der Waals surface area contributed by atoms with E-state index in [9.17, 15) is 4.79 Å². The fourth-order valence-electron chi connectivity index (χ4n) is 1.99. The monoisotopic (exact) mass is 250 g/mol. The van der Waals surface area contributed by atoms with Crippen molar-refractivity contribution < 1.29 is 4.79 Å². The molecule has 0 fully saturated rings. The van der Waals surface area contributed by atoms with Gasteiger partial charge in [0.2, 0.25) is 5.78 Å². The van der Waals surface area contributed by atoms with Crippen molar-refractivity contribution in [1.29, 1.82) is 0 Å². The van der Waals surface area contributed by atoms with Gasteiger partial charge < -0.3 is 5.73 Å². The van der Waals surface area contributed by atoms with Crippen LogP contribution >= 0.6 is 11.3 Å². The summed E-state index contributed by atoms with van der Waals surface area (Å²) in [6, 6.07) is -0.0929. The van der Waals surface area contributed by atoms with Crippen molar-refractivity contribution in [2.45, 2.75) is 45.1 Å². The molecule has 1 aromatic heterocycles. The fraction of sp³-hybridized carbons (Fsp3) is 0.538. The van der Waals surface area contributed by atoms with Crippen LogP contribution in [0.15, 0.2) is 17.0 Å². The Morgan fingerprint density at radius 2 is 2.29 bits per heavy atom. The van der Waals surface area contributed by atoms with Gasteiger partial charge >= 0.3 is 0 Å². The maximum absolute atomic E-state index is 12.2. The van der Waals surface area contributed by atoms with Gasteiger partial charge in [0.1, 0.15) is 10.7 Å². The Hall–Kier alpha value is -1.00. The predicted octanol–water partition coefficient (Wildman–Crippen LogP) is 3.24. The van der Waals surface area contributed by atoms with E-state index in [1.54, 1.807) is 0 Å². The molecule has 1 heterocycles. The molecule has 1 aliphatic carbocycles. The van der Waals surface area contributed by atoms with Gasteiger partial charge in [-0.2, -0.15) is 0 Å². The molecule has 0 saturated carbocycles. The average Bonchev–Trinajstić information content (AvgIpc) is 2.65. The van der Waals surface area contributed by atoms with Gasteiger partial charge in [-0.1, -0.05) is 12.5 Å². The minimum Gasteiger partial charge on any atom is -0.322 e. The fourth-order valence-corrected chi connectivity index (χ4v) is 2.74. The number of hydrogen-bond donors (Lipinski definition) is 1. The van der Waals surface area contributed by atoms with Gasteiger partial charge in [0.25, 0.3) is 0 Å². The molecule has 0 radical (unpaired) electrons. The van der Waals surface area contributed by atoms with E-state index in [2.05, 4.69) is 11.1 Å². The van der Waals surface area contributed by atoms with Crippen molar-refractivity contribution in [1.82, 2.24) is 4.98 Å². The minimum atomic E-state index is -0.0929. The van der Waals surface area contributed by atoms with Crippen molar-refractivity contribution >= 4 is 17.1 Å². The van der Waals surface area contributed by atoms with Crippen LogP contribution in [0.5, 0.6) is 0 Å². The SMILES string of the molecule is CC(N)c1nc(C(=O)C2=CCCCCC2)cs1. The number of ketones is 1. The van der Waals surface area contributed by atoms with E-state index in [4.69, 9.17) is 5.73 Å². The summed E-state index contributed by atoms with van der Waals surface area (Å²) in [6.07, 6.45) is 7.52. The Kier molecular flexibility index (Phi) is 4.07. The zero-order valence-electron chi connectivity index (χ0n) is 10.1. The third-order valence-corrected chi connectivity index (χ3v) is 4.02. The normalized spacial score (nSPS) is 18.4. The number of carbonyl (C=O) groups is 1. The zero-order valence-corrected chi connectivity index (χ0v) is 10.9. The van der Waals surface area contributed by atoms with Gasteiger partial charge in [0.05, 0.1) is 6.04 Å². The van der Waals surface area contributed by atoms with Crippen LogP contribution in [-0.4, -0.2) is 10.8 Å². The van der Waals surface area contributed by atoms with E-state index in [-0.39, 0.29) is 11.8 Å². The number of Topliss-reactive ketones (excluding diaryl/α,β-unsaturated/α-hetero) is 1. The number of aromatic nitrogens is 1. The van der Waals surface area contributed by atoms with Gasteiger partial charge in [-0.3, -0.25) is 4.79 Å². The van der Waals surface area contributed by atoms with Gasteiger partial charge in [-0.25, -0.2) is 4.98 Å². The lowest BCUT2D eigenvalue weighted by Gasteiger charge is -2.01. The van der Waals surface area contributed by atoms with Crippen LogP contribution in [0.3, 0.4) is 0 Å². The molecule has 17 heavy (non-hydrogen) atoms.